The van der Waals surface area contributed by atoms with Gasteiger partial charge in [-0.25, -0.2) is 0 Å². The van der Waals surface area contributed by atoms with Crippen molar-refractivity contribution in [3.8, 4) is 23.0 Å². The molecule has 4 rings (SSSR count). The molecule has 360 valence electrons. The van der Waals surface area contributed by atoms with E-state index < -0.39 is 124 Å². The number of phenolic OH excluding ortho intramolecular Hbond substituents is 4. The van der Waals surface area contributed by atoms with Crippen molar-refractivity contribution in [2.24, 2.45) is 0 Å². The fourth-order valence-corrected chi connectivity index (χ4v) is 3.75. The normalized spacial score (nSPS) is 12.0. The van der Waals surface area contributed by atoms with Crippen LogP contribution in [0.3, 0.4) is 0 Å². The van der Waals surface area contributed by atoms with Crippen molar-refractivity contribution in [1.82, 2.24) is 0 Å². The number of hydrogen-bond donors (Lipinski definition) is 4. The Morgan fingerprint density at radius 2 is 0.313 bits per heavy atom. The molecule has 4 aromatic carbocycles. The Balaban J connectivity index is -0.000000378. The maximum absolute atomic E-state index is 12.1. The molecule has 0 heterocycles. The minimum atomic E-state index is -4.92. The Morgan fingerprint density at radius 3 is 0.373 bits per heavy atom. The first-order valence-corrected chi connectivity index (χ1v) is 15.1. The Morgan fingerprint density at radius 1 is 0.239 bits per heavy atom. The third-order valence-electron chi connectivity index (χ3n) is 6.29. The maximum atomic E-state index is 12.1. The summed E-state index contributed by atoms with van der Waals surface area (Å²) in [5, 5.41) is 60.1. The van der Waals surface area contributed by atoms with Gasteiger partial charge in [-0.1, -0.05) is 0 Å². The molecule has 0 fully saturated rings. The van der Waals surface area contributed by atoms with E-state index in [0.717, 1.165) is 0 Å². The van der Waals surface area contributed by atoms with Gasteiger partial charge in [-0.2, -0.15) is 105 Å². The fraction of sp³-hybridized carbons (Fsp3) is 0.250. The fourth-order valence-electron chi connectivity index (χ4n) is 3.75. The van der Waals surface area contributed by atoms with Gasteiger partial charge in [-0.05, 0) is 72.8 Å². The summed E-state index contributed by atoms with van der Waals surface area (Å²) in [6.45, 7) is 0. The van der Waals surface area contributed by atoms with Gasteiger partial charge in [0.05, 0.1) is 44.5 Å². The molecule has 0 saturated heterocycles. The number of rotatable bonds is 0. The molecule has 7 nitrogen and oxygen atoms in total. The van der Waals surface area contributed by atoms with Crippen LogP contribution in [0.25, 0.3) is 0 Å². The van der Waals surface area contributed by atoms with Crippen molar-refractivity contribution < 1.29 is 230 Å². The minimum Gasteiger partial charge on any atom is -0.907 e. The monoisotopic (exact) mass is 1050 g/mol. The largest absolute Gasteiger partial charge is 1.00 e. The van der Waals surface area contributed by atoms with Gasteiger partial charge in [-0.3, -0.25) is 7.32 Å². The van der Waals surface area contributed by atoms with Crippen LogP contribution in [0, 0.1) is 0 Å². The number of aromatic hydroxyl groups is 4. The predicted octanol–water partition coefficient (Wildman–Crippen LogP) is 0.783. The summed E-state index contributed by atoms with van der Waals surface area (Å²) >= 11 is 0. The van der Waals surface area contributed by atoms with Crippen molar-refractivity contribution in [2.45, 2.75) is 49.4 Å². The third kappa shape index (κ3) is 27.4. The average Bonchev–Trinajstić information content (AvgIpc) is 3.05. The molecule has 0 aliphatic carbocycles. The zero-order valence-corrected chi connectivity index (χ0v) is 38.6. The third-order valence-corrected chi connectivity index (χ3v) is 6.29. The molecule has 67 heavy (non-hydrogen) atoms. The molecule has 4 aromatic rings. The molecule has 0 amide bonds. The van der Waals surface area contributed by atoms with Crippen LogP contribution in [0.4, 0.5) is 105 Å². The average molecular weight is 1050 g/mol. The van der Waals surface area contributed by atoms with E-state index in [9.17, 15) is 105 Å². The van der Waals surface area contributed by atoms with Crippen molar-refractivity contribution in [3.63, 3.8) is 0 Å². The van der Waals surface area contributed by atoms with Gasteiger partial charge in [0.25, 0.3) is 0 Å². The van der Waals surface area contributed by atoms with Gasteiger partial charge in [0.2, 0.25) is 0 Å². The topological polar surface area (TPSA) is 150 Å². The first-order valence-electron chi connectivity index (χ1n) is 15.1. The van der Waals surface area contributed by atoms with Gasteiger partial charge < -0.3 is 35.5 Å². The summed E-state index contributed by atoms with van der Waals surface area (Å²) in [6, 6.07) is 1.63. The summed E-state index contributed by atoms with van der Waals surface area (Å²) in [4.78, 5) is 0. The molecule has 0 atom stereocenters. The van der Waals surface area contributed by atoms with E-state index in [4.69, 9.17) is 35.5 Å². The zero-order valence-electron chi connectivity index (χ0n) is 32.6. The van der Waals surface area contributed by atoms with Gasteiger partial charge in [0.1, 0.15) is 23.0 Å². The van der Waals surface area contributed by atoms with Crippen LogP contribution in [0.15, 0.2) is 72.8 Å². The van der Waals surface area contributed by atoms with Crippen LogP contribution in [0.2, 0.25) is 0 Å². The molecule has 35 heteroatoms. The number of hydrogen-bond acceptors (Lipinski definition) is 7. The molecule has 0 aromatic heterocycles. The molecule has 0 unspecified atom stereocenters. The number of halogens is 24. The van der Waals surface area contributed by atoms with Gasteiger partial charge in [0, 0.05) is 0 Å². The van der Waals surface area contributed by atoms with E-state index in [2.05, 4.69) is 0 Å². The summed E-state index contributed by atoms with van der Waals surface area (Å²) in [5.74, 6) is -4.29. The number of alkyl halides is 24. The smallest absolute Gasteiger partial charge is 0.907 e. The zero-order chi connectivity index (χ0) is 51.0. The van der Waals surface area contributed by atoms with E-state index in [0.29, 0.717) is 0 Å². The van der Waals surface area contributed by atoms with Crippen LogP contribution in [0.5, 0.6) is 23.0 Å². The van der Waals surface area contributed by atoms with E-state index >= 15 is 0 Å². The van der Waals surface area contributed by atoms with E-state index in [1.165, 1.54) is 0 Å². The first kappa shape index (κ1) is 70.9. The Labute approximate surface area is 423 Å². The summed E-state index contributed by atoms with van der Waals surface area (Å²) in [7, 11) is -2.92. The second-order valence-electron chi connectivity index (χ2n) is 11.3. The molecule has 0 aliphatic rings. The number of benzene rings is 4. The SMILES string of the molecule is Oc1cc(C(F)(F)F)cc(C(F)(F)F)c1.Oc1cc(C(F)(F)F)cc(C(F)(F)F)c1.Oc1cc(C(F)(F)F)cc(C(F)(F)F)c1.Oc1cc(C(F)(F)F)cc(C(F)(F)F)c1.[Na+].[Na+].[Na+].[O-]B([O-])[O-]. The molecule has 0 aliphatic heterocycles. The van der Waals surface area contributed by atoms with Crippen molar-refractivity contribution >= 4 is 7.32 Å². The minimum absolute atomic E-state index is 0. The maximum Gasteiger partial charge on any atom is 1.00 e. The molecule has 0 spiro atoms. The van der Waals surface area contributed by atoms with Crippen molar-refractivity contribution in [3.05, 3.63) is 117 Å². The molecule has 0 bridgehead atoms. The van der Waals surface area contributed by atoms with E-state index in [1.54, 1.807) is 0 Å². The van der Waals surface area contributed by atoms with Crippen LogP contribution in [-0.4, -0.2) is 27.7 Å². The number of phenols is 4. The molecule has 0 saturated carbocycles. The van der Waals surface area contributed by atoms with Gasteiger partial charge >= 0.3 is 138 Å². The van der Waals surface area contributed by atoms with Gasteiger partial charge in [-0.15, -0.1) is 0 Å². The van der Waals surface area contributed by atoms with Crippen molar-refractivity contribution in [1.29, 1.82) is 0 Å². The molecular weight excluding hydrogens is 1030 g/mol. The summed E-state index contributed by atoms with van der Waals surface area (Å²) in [5.41, 5.74) is -12.3. The van der Waals surface area contributed by atoms with Crippen LogP contribution in [0.1, 0.15) is 44.5 Å². The van der Waals surface area contributed by atoms with Crippen LogP contribution < -0.4 is 104 Å². The van der Waals surface area contributed by atoms with Crippen LogP contribution in [-0.2, 0) is 49.4 Å². The molecule has 4 N–H and O–H groups in total. The second kappa shape index (κ2) is 26.5. The van der Waals surface area contributed by atoms with Crippen LogP contribution >= 0.6 is 0 Å². The van der Waals surface area contributed by atoms with E-state index in [1.807, 2.05) is 0 Å². The first-order chi connectivity index (χ1) is 28.1. The molecular formula is C32H16BF24Na3O7. The van der Waals surface area contributed by atoms with Crippen molar-refractivity contribution in [2.75, 3.05) is 0 Å². The predicted molar refractivity (Wildman–Crippen MR) is 158 cm³/mol. The Hall–Kier alpha value is -2.66. The second-order valence-corrected chi connectivity index (χ2v) is 11.3. The standard InChI is InChI=1S/4C8H4F6O.BO3.3Na/c4*9-7(10,11)4-1-5(8(12,13)14)3-6(15)2-4;2-1(3)4;;;/h4*1-3,15H;;;;/q;;;;-3;3*+1. The Kier molecular flexibility index (Phi) is 28.1. The summed E-state index contributed by atoms with van der Waals surface area (Å²) in [6.07, 6.45) is -39.3. The van der Waals surface area contributed by atoms with Gasteiger partial charge in [0.15, 0.2) is 0 Å². The molecule has 0 radical (unpaired) electrons. The summed E-state index contributed by atoms with van der Waals surface area (Å²) < 4.78 is 289. The Bertz CT molecular complexity index is 1710. The quantitative estimate of drug-likeness (QED) is 0.151. The van der Waals surface area contributed by atoms with E-state index in [-0.39, 0.29) is 161 Å².